The lowest BCUT2D eigenvalue weighted by molar-refractivity contribution is 0.0909. The van der Waals surface area contributed by atoms with Gasteiger partial charge in [-0.25, -0.2) is 4.68 Å². The summed E-state index contributed by atoms with van der Waals surface area (Å²) >= 11 is 0. The molecule has 1 aromatic carbocycles. The first kappa shape index (κ1) is 14.1. The number of carbonyl (C=O) groups excluding carboxylic acids is 1. The maximum Gasteiger partial charge on any atom is 0.272 e. The van der Waals surface area contributed by atoms with Crippen molar-refractivity contribution in [3.8, 4) is 5.69 Å². The highest BCUT2D eigenvalue weighted by atomic mass is 16.3. The van der Waals surface area contributed by atoms with Crippen LogP contribution in [-0.2, 0) is 0 Å². The highest BCUT2D eigenvalue weighted by molar-refractivity contribution is 5.92. The van der Waals surface area contributed by atoms with Crippen LogP contribution in [0.4, 0.5) is 5.69 Å². The summed E-state index contributed by atoms with van der Waals surface area (Å²) in [6, 6.07) is 8.62. The van der Waals surface area contributed by atoms with E-state index in [4.69, 9.17) is 10.8 Å². The molecule has 0 spiro atoms. The summed E-state index contributed by atoms with van der Waals surface area (Å²) in [6.45, 7) is 1.81. The molecular weight excluding hydrogens is 256 g/mol. The number of amides is 1. The molecule has 1 atom stereocenters. The van der Waals surface area contributed by atoms with E-state index in [9.17, 15) is 4.79 Å². The zero-order chi connectivity index (χ0) is 14.5. The molecule has 0 saturated heterocycles. The molecule has 0 unspecified atom stereocenters. The lowest BCUT2D eigenvalue weighted by Crippen LogP contribution is -2.37. The Kier molecular flexibility index (Phi) is 4.37. The van der Waals surface area contributed by atoms with Crippen molar-refractivity contribution < 1.29 is 9.90 Å². The van der Waals surface area contributed by atoms with Crippen LogP contribution in [0.15, 0.2) is 36.5 Å². The number of nitrogens with zero attached hydrogens (tertiary/aromatic N) is 2. The average molecular weight is 274 g/mol. The standard InChI is InChI=1S/C14H18N4O2/c1-2-11(9-19)16-14(20)13-6-7-18(17-13)12-5-3-4-10(15)8-12/h3-8,11,19H,2,9,15H2,1H3,(H,16,20)/t11-/m1/s1. The Balaban J connectivity index is 2.14. The molecule has 0 aliphatic heterocycles. The number of hydrogen-bond donors (Lipinski definition) is 3. The van der Waals surface area contributed by atoms with Gasteiger partial charge in [-0.15, -0.1) is 0 Å². The third-order valence-corrected chi connectivity index (χ3v) is 3.00. The quantitative estimate of drug-likeness (QED) is 0.708. The van der Waals surface area contributed by atoms with Gasteiger partial charge in [0.05, 0.1) is 18.3 Å². The Morgan fingerprint density at radius 1 is 1.50 bits per heavy atom. The summed E-state index contributed by atoms with van der Waals surface area (Å²) in [5.41, 5.74) is 7.45. The highest BCUT2D eigenvalue weighted by Crippen LogP contribution is 2.11. The Morgan fingerprint density at radius 2 is 2.30 bits per heavy atom. The van der Waals surface area contributed by atoms with Crippen molar-refractivity contribution in [3.63, 3.8) is 0 Å². The first-order valence-corrected chi connectivity index (χ1v) is 6.47. The van der Waals surface area contributed by atoms with E-state index in [2.05, 4.69) is 10.4 Å². The van der Waals surface area contributed by atoms with Gasteiger partial charge in [0, 0.05) is 11.9 Å². The second-order valence-electron chi connectivity index (χ2n) is 4.50. The van der Waals surface area contributed by atoms with Gasteiger partial charge < -0.3 is 16.2 Å². The molecule has 1 amide bonds. The number of anilines is 1. The maximum atomic E-state index is 12.0. The SMILES string of the molecule is CC[C@H](CO)NC(=O)c1ccn(-c2cccc(N)c2)n1. The largest absolute Gasteiger partial charge is 0.399 e. The number of rotatable bonds is 5. The van der Waals surface area contributed by atoms with Gasteiger partial charge in [-0.05, 0) is 30.7 Å². The van der Waals surface area contributed by atoms with E-state index in [1.807, 2.05) is 19.1 Å². The monoisotopic (exact) mass is 274 g/mol. The van der Waals surface area contributed by atoms with Gasteiger partial charge in [0.15, 0.2) is 5.69 Å². The van der Waals surface area contributed by atoms with Gasteiger partial charge in [0.25, 0.3) is 5.91 Å². The molecule has 2 aromatic rings. The molecule has 106 valence electrons. The summed E-state index contributed by atoms with van der Waals surface area (Å²) < 4.78 is 1.59. The van der Waals surface area contributed by atoms with Crippen LogP contribution in [0, 0.1) is 0 Å². The van der Waals surface area contributed by atoms with Crippen molar-refractivity contribution in [1.29, 1.82) is 0 Å². The fraction of sp³-hybridized carbons (Fsp3) is 0.286. The second kappa shape index (κ2) is 6.21. The minimum absolute atomic E-state index is 0.0852. The maximum absolute atomic E-state index is 12.0. The second-order valence-corrected chi connectivity index (χ2v) is 4.50. The molecule has 0 aliphatic rings. The van der Waals surface area contributed by atoms with Gasteiger partial charge in [-0.3, -0.25) is 4.79 Å². The van der Waals surface area contributed by atoms with Gasteiger partial charge in [-0.1, -0.05) is 13.0 Å². The van der Waals surface area contributed by atoms with Crippen LogP contribution in [0.1, 0.15) is 23.8 Å². The third kappa shape index (κ3) is 3.16. The molecule has 1 aromatic heterocycles. The first-order chi connectivity index (χ1) is 9.63. The smallest absolute Gasteiger partial charge is 0.272 e. The summed E-state index contributed by atoms with van der Waals surface area (Å²) in [5, 5.41) is 16.0. The van der Waals surface area contributed by atoms with Crippen LogP contribution < -0.4 is 11.1 Å². The fourth-order valence-electron chi connectivity index (χ4n) is 1.79. The minimum atomic E-state index is -0.298. The fourth-order valence-corrected chi connectivity index (χ4v) is 1.79. The number of nitrogens with two attached hydrogens (primary N) is 1. The van der Waals surface area contributed by atoms with E-state index in [-0.39, 0.29) is 18.6 Å². The molecule has 0 radical (unpaired) electrons. The topological polar surface area (TPSA) is 93.2 Å². The molecule has 0 bridgehead atoms. The van der Waals surface area contributed by atoms with E-state index < -0.39 is 0 Å². The van der Waals surface area contributed by atoms with E-state index >= 15 is 0 Å². The summed E-state index contributed by atoms with van der Waals surface area (Å²) in [4.78, 5) is 12.0. The molecular formula is C14H18N4O2. The van der Waals surface area contributed by atoms with Crippen LogP contribution in [0.25, 0.3) is 5.69 Å². The van der Waals surface area contributed by atoms with Crippen molar-refractivity contribution in [2.75, 3.05) is 12.3 Å². The summed E-state index contributed by atoms with van der Waals surface area (Å²) in [5.74, 6) is -0.298. The molecule has 6 heteroatoms. The number of aliphatic hydroxyl groups excluding tert-OH is 1. The van der Waals surface area contributed by atoms with Gasteiger partial charge in [0.1, 0.15) is 0 Å². The Morgan fingerprint density at radius 3 is 2.95 bits per heavy atom. The number of benzene rings is 1. The minimum Gasteiger partial charge on any atom is -0.399 e. The van der Waals surface area contributed by atoms with Crippen molar-refractivity contribution in [1.82, 2.24) is 15.1 Å². The zero-order valence-electron chi connectivity index (χ0n) is 11.3. The predicted molar refractivity (Wildman–Crippen MR) is 76.6 cm³/mol. The van der Waals surface area contributed by atoms with E-state index in [1.165, 1.54) is 0 Å². The van der Waals surface area contributed by atoms with E-state index in [0.29, 0.717) is 17.8 Å². The zero-order valence-corrected chi connectivity index (χ0v) is 11.3. The first-order valence-electron chi connectivity index (χ1n) is 6.47. The van der Waals surface area contributed by atoms with Crippen molar-refractivity contribution in [3.05, 3.63) is 42.2 Å². The van der Waals surface area contributed by atoms with Crippen LogP contribution >= 0.6 is 0 Å². The average Bonchev–Trinajstić information content (AvgIpc) is 2.94. The number of aliphatic hydroxyl groups is 1. The van der Waals surface area contributed by atoms with Crippen LogP contribution in [0.5, 0.6) is 0 Å². The number of nitrogen functional groups attached to an aromatic ring is 1. The van der Waals surface area contributed by atoms with Crippen molar-refractivity contribution in [2.24, 2.45) is 0 Å². The normalized spacial score (nSPS) is 12.1. The number of hydrogen-bond acceptors (Lipinski definition) is 4. The molecule has 20 heavy (non-hydrogen) atoms. The molecule has 0 saturated carbocycles. The van der Waals surface area contributed by atoms with Gasteiger partial charge >= 0.3 is 0 Å². The Bertz CT molecular complexity index is 590. The van der Waals surface area contributed by atoms with Crippen LogP contribution in [0.2, 0.25) is 0 Å². The molecule has 4 N–H and O–H groups in total. The van der Waals surface area contributed by atoms with Gasteiger partial charge in [-0.2, -0.15) is 5.10 Å². The van der Waals surface area contributed by atoms with Crippen LogP contribution in [-0.4, -0.2) is 33.4 Å². The molecule has 2 rings (SSSR count). The van der Waals surface area contributed by atoms with Crippen LogP contribution in [0.3, 0.4) is 0 Å². The number of nitrogens with one attached hydrogen (secondary N) is 1. The molecule has 6 nitrogen and oxygen atoms in total. The third-order valence-electron chi connectivity index (χ3n) is 3.00. The molecule has 0 aliphatic carbocycles. The van der Waals surface area contributed by atoms with Gasteiger partial charge in [0.2, 0.25) is 0 Å². The summed E-state index contributed by atoms with van der Waals surface area (Å²) in [6.07, 6.45) is 2.36. The summed E-state index contributed by atoms with van der Waals surface area (Å²) in [7, 11) is 0. The Labute approximate surface area is 117 Å². The highest BCUT2D eigenvalue weighted by Gasteiger charge is 2.14. The van der Waals surface area contributed by atoms with Crippen molar-refractivity contribution in [2.45, 2.75) is 19.4 Å². The molecule has 0 fully saturated rings. The lowest BCUT2D eigenvalue weighted by Gasteiger charge is -2.12. The van der Waals surface area contributed by atoms with E-state index in [0.717, 1.165) is 5.69 Å². The van der Waals surface area contributed by atoms with E-state index in [1.54, 1.807) is 29.1 Å². The number of aromatic nitrogens is 2. The number of carbonyl (C=O) groups is 1. The predicted octanol–water partition coefficient (Wildman–Crippen LogP) is 0.955. The Hall–Kier alpha value is -2.34. The molecule has 1 heterocycles. The van der Waals surface area contributed by atoms with Crippen molar-refractivity contribution >= 4 is 11.6 Å². The lowest BCUT2D eigenvalue weighted by atomic mass is 10.2.